The third-order valence-electron chi connectivity index (χ3n) is 2.87. The van der Waals surface area contributed by atoms with Crippen LogP contribution in [0.3, 0.4) is 0 Å². The molecule has 0 aromatic rings. The summed E-state index contributed by atoms with van der Waals surface area (Å²) in [5, 5.41) is 39.5. The molecule has 0 bridgehead atoms. The molecule has 1 aliphatic rings. The molecule has 0 spiro atoms. The average molecular weight is 290 g/mol. The normalized spacial score (nSPS) is 28.9. The zero-order chi connectivity index (χ0) is 15.4. The summed E-state index contributed by atoms with van der Waals surface area (Å²) >= 11 is 0. The topological polar surface area (TPSA) is 162 Å². The van der Waals surface area contributed by atoms with Crippen molar-refractivity contribution in [3.05, 3.63) is 11.8 Å². The molecule has 9 heteroatoms. The summed E-state index contributed by atoms with van der Waals surface area (Å²) in [7, 11) is 0. The summed E-state index contributed by atoms with van der Waals surface area (Å²) in [6.07, 6.45) is -3.38. The maximum atomic E-state index is 11.1. The highest BCUT2D eigenvalue weighted by molar-refractivity contribution is 5.84. The number of ether oxygens (including phenoxy) is 1. The van der Waals surface area contributed by atoms with Gasteiger partial charge in [-0.25, -0.2) is 4.79 Å². The van der Waals surface area contributed by atoms with E-state index in [0.29, 0.717) is 0 Å². The van der Waals surface area contributed by atoms with E-state index < -0.39 is 54.6 Å². The van der Waals surface area contributed by atoms with Crippen LogP contribution in [-0.2, 0) is 14.3 Å². The van der Waals surface area contributed by atoms with Gasteiger partial charge in [0.2, 0.25) is 11.7 Å². The van der Waals surface area contributed by atoms with Gasteiger partial charge >= 0.3 is 5.97 Å². The second-order valence-corrected chi connectivity index (χ2v) is 4.46. The molecule has 0 fully saturated rings. The van der Waals surface area contributed by atoms with E-state index in [1.165, 1.54) is 6.92 Å². The van der Waals surface area contributed by atoms with Crippen LogP contribution in [-0.4, -0.2) is 69.3 Å². The van der Waals surface area contributed by atoms with Gasteiger partial charge in [-0.15, -0.1) is 0 Å². The lowest BCUT2D eigenvalue weighted by Crippen LogP contribution is -2.62. The highest BCUT2D eigenvalue weighted by atomic mass is 16.5. The fourth-order valence-electron chi connectivity index (χ4n) is 1.90. The van der Waals surface area contributed by atoms with Gasteiger partial charge < -0.3 is 36.2 Å². The van der Waals surface area contributed by atoms with Gasteiger partial charge in [0.05, 0.1) is 18.7 Å². The number of hydrogen-bond donors (Lipinski definition) is 6. The number of hydrogen-bond acceptors (Lipinski definition) is 7. The second-order valence-electron chi connectivity index (χ2n) is 4.46. The summed E-state index contributed by atoms with van der Waals surface area (Å²) < 4.78 is 5.06. The van der Waals surface area contributed by atoms with Gasteiger partial charge in [0.15, 0.2) is 0 Å². The Morgan fingerprint density at radius 2 is 2.10 bits per heavy atom. The number of amides is 1. The Hall–Kier alpha value is -1.68. The lowest BCUT2D eigenvalue weighted by atomic mass is 9.92. The number of carbonyl (C=O) groups is 2. The third-order valence-corrected chi connectivity index (χ3v) is 2.87. The number of nitrogens with two attached hydrogens (primary N) is 1. The van der Waals surface area contributed by atoms with Crippen molar-refractivity contribution in [2.45, 2.75) is 37.3 Å². The van der Waals surface area contributed by atoms with Crippen molar-refractivity contribution >= 4 is 11.9 Å². The van der Waals surface area contributed by atoms with E-state index in [1.807, 2.05) is 0 Å². The first kappa shape index (κ1) is 16.4. The minimum Gasteiger partial charge on any atom is -0.478 e. The predicted molar refractivity (Wildman–Crippen MR) is 65.3 cm³/mol. The highest BCUT2D eigenvalue weighted by Gasteiger charge is 2.42. The quantitative estimate of drug-likeness (QED) is 0.310. The van der Waals surface area contributed by atoms with Crippen molar-refractivity contribution < 1.29 is 34.8 Å². The van der Waals surface area contributed by atoms with E-state index in [1.54, 1.807) is 0 Å². The van der Waals surface area contributed by atoms with Crippen LogP contribution in [0.25, 0.3) is 0 Å². The summed E-state index contributed by atoms with van der Waals surface area (Å²) in [6, 6.07) is -1.86. The molecule has 1 amide bonds. The predicted octanol–water partition coefficient (Wildman–Crippen LogP) is -3.10. The molecular formula is C11H18N2O7. The lowest BCUT2D eigenvalue weighted by molar-refractivity contribution is -0.145. The zero-order valence-electron chi connectivity index (χ0n) is 10.8. The second kappa shape index (κ2) is 6.66. The van der Waals surface area contributed by atoms with E-state index >= 15 is 0 Å². The minimum absolute atomic E-state index is 0.461. The monoisotopic (exact) mass is 290 g/mol. The molecule has 1 aliphatic heterocycles. The van der Waals surface area contributed by atoms with Gasteiger partial charge in [-0.2, -0.15) is 0 Å². The van der Waals surface area contributed by atoms with E-state index in [-0.39, 0.29) is 0 Å². The summed E-state index contributed by atoms with van der Waals surface area (Å²) in [5.74, 6) is -2.34. The average Bonchev–Trinajstić information content (AvgIpc) is 2.38. The Morgan fingerprint density at radius 3 is 2.55 bits per heavy atom. The number of aliphatic carboxylic acids is 1. The molecule has 9 nitrogen and oxygen atoms in total. The van der Waals surface area contributed by atoms with Gasteiger partial charge in [-0.1, -0.05) is 0 Å². The van der Waals surface area contributed by atoms with Crippen LogP contribution >= 0.6 is 0 Å². The standard InChI is InChI=1S/C11H18N2O7/c1-4(15)13-8-5(12)2-7(11(18)19)20-10(8)9(17)6(16)3-14/h2,5-6,8-10,14,16-17H,3,12H2,1H3,(H,13,15)(H,18,19)/t5-,6-,8?,9-,10+/m0/s1. The van der Waals surface area contributed by atoms with Crippen molar-refractivity contribution in [2.24, 2.45) is 5.73 Å². The molecule has 1 unspecified atom stereocenters. The van der Waals surface area contributed by atoms with Crippen LogP contribution in [0.1, 0.15) is 6.92 Å². The van der Waals surface area contributed by atoms with Gasteiger partial charge in [-0.3, -0.25) is 4.79 Å². The number of nitrogens with one attached hydrogen (secondary N) is 1. The van der Waals surface area contributed by atoms with Crippen LogP contribution < -0.4 is 11.1 Å². The smallest absolute Gasteiger partial charge is 0.370 e. The molecule has 1 heterocycles. The fourth-order valence-corrected chi connectivity index (χ4v) is 1.90. The molecule has 1 rings (SSSR count). The van der Waals surface area contributed by atoms with E-state index in [2.05, 4.69) is 5.32 Å². The van der Waals surface area contributed by atoms with Crippen molar-refractivity contribution in [1.29, 1.82) is 0 Å². The van der Waals surface area contributed by atoms with Crippen LogP contribution in [0.15, 0.2) is 11.8 Å². The summed E-state index contributed by atoms with van der Waals surface area (Å²) in [4.78, 5) is 22.0. The Kier molecular flexibility index (Phi) is 5.45. The lowest BCUT2D eigenvalue weighted by Gasteiger charge is -2.38. The summed E-state index contributed by atoms with van der Waals surface area (Å²) in [5.41, 5.74) is 5.74. The molecule has 0 aromatic heterocycles. The van der Waals surface area contributed by atoms with Gasteiger partial charge in [-0.05, 0) is 6.08 Å². The SMILES string of the molecule is CC(=O)NC1[C@H]([C@@H](O)[C@@H](O)CO)OC(C(=O)O)=C[C@@H]1N. The molecular weight excluding hydrogens is 272 g/mol. The maximum Gasteiger partial charge on any atom is 0.370 e. The number of aliphatic hydroxyl groups is 3. The van der Waals surface area contributed by atoms with Crippen LogP contribution in [0, 0.1) is 0 Å². The molecule has 0 radical (unpaired) electrons. The fraction of sp³-hybridized carbons (Fsp3) is 0.636. The number of rotatable bonds is 5. The first-order valence-corrected chi connectivity index (χ1v) is 5.89. The molecule has 7 N–H and O–H groups in total. The number of aliphatic hydroxyl groups excluding tert-OH is 3. The van der Waals surface area contributed by atoms with Crippen molar-refractivity contribution in [3.63, 3.8) is 0 Å². The number of carboxylic acids is 1. The van der Waals surface area contributed by atoms with E-state index in [9.17, 15) is 19.8 Å². The van der Waals surface area contributed by atoms with E-state index in [4.69, 9.17) is 20.7 Å². The van der Waals surface area contributed by atoms with Crippen LogP contribution in [0.4, 0.5) is 0 Å². The van der Waals surface area contributed by atoms with E-state index in [0.717, 1.165) is 6.08 Å². The summed E-state index contributed by atoms with van der Waals surface area (Å²) in [6.45, 7) is 0.463. The van der Waals surface area contributed by atoms with Crippen LogP contribution in [0.5, 0.6) is 0 Å². The third kappa shape index (κ3) is 3.67. The molecule has 0 saturated carbocycles. The number of carboxylic acid groups (broad SMARTS) is 1. The van der Waals surface area contributed by atoms with Crippen molar-refractivity contribution in [3.8, 4) is 0 Å². The van der Waals surface area contributed by atoms with Crippen molar-refractivity contribution in [1.82, 2.24) is 5.32 Å². The molecule has 0 saturated heterocycles. The van der Waals surface area contributed by atoms with Crippen LogP contribution in [0.2, 0.25) is 0 Å². The first-order valence-electron chi connectivity index (χ1n) is 5.89. The zero-order valence-corrected chi connectivity index (χ0v) is 10.8. The molecule has 0 aliphatic carbocycles. The Balaban J connectivity index is 3.04. The largest absolute Gasteiger partial charge is 0.478 e. The molecule has 0 aromatic carbocycles. The molecule has 114 valence electrons. The van der Waals surface area contributed by atoms with Crippen molar-refractivity contribution in [2.75, 3.05) is 6.61 Å². The van der Waals surface area contributed by atoms with Gasteiger partial charge in [0.25, 0.3) is 0 Å². The first-order chi connectivity index (χ1) is 9.27. The maximum absolute atomic E-state index is 11.1. The number of carbonyl (C=O) groups excluding carboxylic acids is 1. The van der Waals surface area contributed by atoms with Gasteiger partial charge in [0.1, 0.15) is 18.3 Å². The Morgan fingerprint density at radius 1 is 1.50 bits per heavy atom. The molecule has 20 heavy (non-hydrogen) atoms. The minimum atomic E-state index is -1.62. The Bertz CT molecular complexity index is 412. The highest BCUT2D eigenvalue weighted by Crippen LogP contribution is 2.21. The van der Waals surface area contributed by atoms with Gasteiger partial charge in [0, 0.05) is 6.92 Å². The molecule has 5 atom stereocenters. The Labute approximate surface area is 114 Å².